The first kappa shape index (κ1) is 10.8. The number of methoxy groups -OCH3 is 1. The van der Waals surface area contributed by atoms with E-state index >= 15 is 0 Å². The molecule has 0 aliphatic rings. The van der Waals surface area contributed by atoms with Gasteiger partial charge in [0.2, 0.25) is 0 Å². The highest BCUT2D eigenvalue weighted by molar-refractivity contribution is 7.10. The van der Waals surface area contributed by atoms with Crippen LogP contribution >= 0.6 is 11.3 Å². The Labute approximate surface area is 87.4 Å². The number of ether oxygens (including phenoxy) is 1. The monoisotopic (exact) mass is 211 g/mol. The lowest BCUT2D eigenvalue weighted by Gasteiger charge is -2.08. The van der Waals surface area contributed by atoms with Crippen LogP contribution in [-0.4, -0.2) is 13.1 Å². The Morgan fingerprint density at radius 3 is 3.07 bits per heavy atom. The average molecular weight is 211 g/mol. The molecule has 1 N–H and O–H groups in total. The van der Waals surface area contributed by atoms with Crippen LogP contribution in [0.25, 0.3) is 0 Å². The molecule has 0 aromatic carbocycles. The summed E-state index contributed by atoms with van der Waals surface area (Å²) >= 11 is 1.68. The topological polar surface area (TPSA) is 38.3 Å². The first-order chi connectivity index (χ1) is 6.74. The second-order valence-corrected chi connectivity index (χ2v) is 3.74. The van der Waals surface area contributed by atoms with Crippen LogP contribution in [0.2, 0.25) is 0 Å². The van der Waals surface area contributed by atoms with E-state index in [1.54, 1.807) is 17.5 Å². The van der Waals surface area contributed by atoms with Crippen molar-refractivity contribution in [2.24, 2.45) is 0 Å². The standard InChI is InChI=1S/C10H13NO2S/c1-8(9-4-3-7-14-9)11-6-5-10(12)13-2/h3-8,11H,1-2H3/b6-5+. The third-order valence-electron chi connectivity index (χ3n) is 1.74. The molecule has 1 heterocycles. The van der Waals surface area contributed by atoms with Crippen LogP contribution in [0, 0.1) is 0 Å². The first-order valence-electron chi connectivity index (χ1n) is 4.28. The molecule has 4 heteroatoms. The van der Waals surface area contributed by atoms with Crippen LogP contribution in [0.3, 0.4) is 0 Å². The molecule has 0 saturated heterocycles. The van der Waals surface area contributed by atoms with Crippen molar-refractivity contribution in [1.82, 2.24) is 5.32 Å². The van der Waals surface area contributed by atoms with E-state index < -0.39 is 0 Å². The number of carbonyl (C=O) groups is 1. The van der Waals surface area contributed by atoms with Crippen molar-refractivity contribution in [3.63, 3.8) is 0 Å². The maximum atomic E-state index is 10.7. The van der Waals surface area contributed by atoms with E-state index in [4.69, 9.17) is 0 Å². The van der Waals surface area contributed by atoms with Crippen LogP contribution in [0.15, 0.2) is 29.8 Å². The number of rotatable bonds is 4. The maximum absolute atomic E-state index is 10.7. The average Bonchev–Trinajstić information content (AvgIpc) is 2.70. The molecule has 0 fully saturated rings. The summed E-state index contributed by atoms with van der Waals surface area (Å²) in [5.41, 5.74) is 0. The molecule has 0 amide bonds. The van der Waals surface area contributed by atoms with Crippen molar-refractivity contribution in [1.29, 1.82) is 0 Å². The van der Waals surface area contributed by atoms with Crippen LogP contribution < -0.4 is 5.32 Å². The van der Waals surface area contributed by atoms with Crippen molar-refractivity contribution < 1.29 is 9.53 Å². The summed E-state index contributed by atoms with van der Waals surface area (Å²) in [6, 6.07) is 4.27. The van der Waals surface area contributed by atoms with Gasteiger partial charge in [-0.15, -0.1) is 11.3 Å². The summed E-state index contributed by atoms with van der Waals surface area (Å²) in [4.78, 5) is 12.0. The van der Waals surface area contributed by atoms with Gasteiger partial charge in [0.1, 0.15) is 0 Å². The normalized spacial score (nSPS) is 12.7. The molecule has 0 aliphatic heterocycles. The third kappa shape index (κ3) is 3.22. The van der Waals surface area contributed by atoms with Crippen LogP contribution in [0.5, 0.6) is 0 Å². The Morgan fingerprint density at radius 2 is 2.50 bits per heavy atom. The van der Waals surface area contributed by atoms with Crippen LogP contribution in [-0.2, 0) is 9.53 Å². The van der Waals surface area contributed by atoms with Crippen LogP contribution in [0.4, 0.5) is 0 Å². The lowest BCUT2D eigenvalue weighted by Crippen LogP contribution is -2.11. The van der Waals surface area contributed by atoms with Gasteiger partial charge >= 0.3 is 5.97 Å². The van der Waals surface area contributed by atoms with Gasteiger partial charge in [0.25, 0.3) is 0 Å². The molecule has 0 saturated carbocycles. The molecule has 1 unspecified atom stereocenters. The quantitative estimate of drug-likeness (QED) is 0.612. The minimum atomic E-state index is -0.351. The molecular weight excluding hydrogens is 198 g/mol. The highest BCUT2D eigenvalue weighted by atomic mass is 32.1. The van der Waals surface area contributed by atoms with Crippen LogP contribution in [0.1, 0.15) is 17.8 Å². The van der Waals surface area contributed by atoms with Gasteiger partial charge in [-0.3, -0.25) is 0 Å². The van der Waals surface area contributed by atoms with Crippen molar-refractivity contribution in [3.8, 4) is 0 Å². The Kier molecular flexibility index (Phi) is 4.19. The Hall–Kier alpha value is -1.29. The molecule has 0 radical (unpaired) electrons. The van der Waals surface area contributed by atoms with E-state index in [9.17, 15) is 4.79 Å². The second-order valence-electron chi connectivity index (χ2n) is 2.76. The van der Waals surface area contributed by atoms with E-state index in [2.05, 4.69) is 10.1 Å². The van der Waals surface area contributed by atoms with Gasteiger partial charge in [0.15, 0.2) is 0 Å². The van der Waals surface area contributed by atoms with Crippen molar-refractivity contribution in [2.45, 2.75) is 13.0 Å². The summed E-state index contributed by atoms with van der Waals surface area (Å²) in [5.74, 6) is -0.351. The molecule has 1 rings (SSSR count). The van der Waals surface area contributed by atoms with Crippen molar-refractivity contribution >= 4 is 17.3 Å². The summed E-state index contributed by atoms with van der Waals surface area (Å²) in [6.45, 7) is 2.04. The zero-order valence-electron chi connectivity index (χ0n) is 8.19. The van der Waals surface area contributed by atoms with Gasteiger partial charge in [-0.2, -0.15) is 0 Å². The Balaban J connectivity index is 2.39. The third-order valence-corrected chi connectivity index (χ3v) is 2.79. The fourth-order valence-electron chi connectivity index (χ4n) is 0.948. The van der Waals surface area contributed by atoms with E-state index in [1.165, 1.54) is 18.1 Å². The molecule has 0 spiro atoms. The number of carbonyl (C=O) groups excluding carboxylic acids is 1. The van der Waals surface area contributed by atoms with E-state index in [1.807, 2.05) is 24.4 Å². The Morgan fingerprint density at radius 1 is 1.71 bits per heavy atom. The molecule has 76 valence electrons. The molecular formula is C10H13NO2S. The highest BCUT2D eigenvalue weighted by Crippen LogP contribution is 2.17. The predicted octanol–water partition coefficient (Wildman–Crippen LogP) is 2.09. The minimum absolute atomic E-state index is 0.218. The number of hydrogen-bond acceptors (Lipinski definition) is 4. The largest absolute Gasteiger partial charge is 0.466 e. The maximum Gasteiger partial charge on any atom is 0.331 e. The van der Waals surface area contributed by atoms with Gasteiger partial charge < -0.3 is 10.1 Å². The van der Waals surface area contributed by atoms with E-state index in [0.717, 1.165) is 0 Å². The number of hydrogen-bond donors (Lipinski definition) is 1. The van der Waals surface area contributed by atoms with Crippen molar-refractivity contribution in [3.05, 3.63) is 34.7 Å². The fourth-order valence-corrected chi connectivity index (χ4v) is 1.69. The highest BCUT2D eigenvalue weighted by Gasteiger charge is 2.02. The Bertz CT molecular complexity index is 306. The number of nitrogens with one attached hydrogen (secondary N) is 1. The summed E-state index contributed by atoms with van der Waals surface area (Å²) in [6.07, 6.45) is 2.97. The molecule has 3 nitrogen and oxygen atoms in total. The second kappa shape index (κ2) is 5.44. The molecule has 0 aliphatic carbocycles. The fraction of sp³-hybridized carbons (Fsp3) is 0.300. The molecule has 0 bridgehead atoms. The summed E-state index contributed by atoms with van der Waals surface area (Å²) in [5, 5.41) is 5.10. The van der Waals surface area contributed by atoms with E-state index in [-0.39, 0.29) is 12.0 Å². The van der Waals surface area contributed by atoms with Gasteiger partial charge in [-0.05, 0) is 18.4 Å². The first-order valence-corrected chi connectivity index (χ1v) is 5.16. The lowest BCUT2D eigenvalue weighted by atomic mass is 10.3. The van der Waals surface area contributed by atoms with E-state index in [0.29, 0.717) is 0 Å². The number of thiophene rings is 1. The van der Waals surface area contributed by atoms with Gasteiger partial charge in [0, 0.05) is 17.2 Å². The summed E-state index contributed by atoms with van der Waals surface area (Å²) < 4.78 is 4.46. The predicted molar refractivity (Wildman–Crippen MR) is 57.0 cm³/mol. The lowest BCUT2D eigenvalue weighted by molar-refractivity contribution is -0.134. The summed E-state index contributed by atoms with van der Waals surface area (Å²) in [7, 11) is 1.36. The SMILES string of the molecule is COC(=O)/C=C/NC(C)c1cccs1. The minimum Gasteiger partial charge on any atom is -0.466 e. The van der Waals surface area contributed by atoms with Gasteiger partial charge in [-0.25, -0.2) is 4.79 Å². The van der Waals surface area contributed by atoms with Gasteiger partial charge in [-0.1, -0.05) is 6.07 Å². The zero-order valence-corrected chi connectivity index (χ0v) is 9.01. The van der Waals surface area contributed by atoms with Gasteiger partial charge in [0.05, 0.1) is 13.2 Å². The number of esters is 1. The molecule has 1 atom stereocenters. The zero-order chi connectivity index (χ0) is 10.4. The molecule has 1 aromatic heterocycles. The molecule has 1 aromatic rings. The molecule has 14 heavy (non-hydrogen) atoms. The van der Waals surface area contributed by atoms with Crippen molar-refractivity contribution in [2.75, 3.05) is 7.11 Å². The smallest absolute Gasteiger partial charge is 0.331 e.